The highest BCUT2D eigenvalue weighted by molar-refractivity contribution is 6.20. The first-order valence-electron chi connectivity index (χ1n) is 11.5. The van der Waals surface area contributed by atoms with Crippen LogP contribution in [0.4, 0.5) is 10.5 Å². The van der Waals surface area contributed by atoms with E-state index in [4.69, 9.17) is 0 Å². The Balaban J connectivity index is 1.58. The molecule has 5 rings (SSSR count). The number of nitrogens with one attached hydrogen (secondary N) is 1. The zero-order chi connectivity index (χ0) is 23.4. The van der Waals surface area contributed by atoms with Crippen molar-refractivity contribution in [2.45, 2.75) is 45.3 Å². The molecule has 0 aliphatic carbocycles. The first-order chi connectivity index (χ1) is 15.7. The highest BCUT2D eigenvalue weighted by atomic mass is 16.2. The fourth-order valence-corrected chi connectivity index (χ4v) is 5.61. The van der Waals surface area contributed by atoms with Crippen LogP contribution in [0.25, 0.3) is 0 Å². The molecular weight excluding hydrogens is 416 g/mol. The number of imide groups is 2. The number of carbonyl (C=O) groups excluding carboxylic acids is 3. The van der Waals surface area contributed by atoms with E-state index in [2.05, 4.69) is 33.3 Å². The van der Waals surface area contributed by atoms with E-state index in [-0.39, 0.29) is 12.5 Å². The molecule has 0 bridgehead atoms. The van der Waals surface area contributed by atoms with Gasteiger partial charge in [-0.1, -0.05) is 48.5 Å². The van der Waals surface area contributed by atoms with Gasteiger partial charge in [0.1, 0.15) is 0 Å². The lowest BCUT2D eigenvalue weighted by Gasteiger charge is -2.56. The summed E-state index contributed by atoms with van der Waals surface area (Å²) in [5.74, 6) is -0.876. The third-order valence-electron chi connectivity index (χ3n) is 7.14. The molecule has 172 valence electrons. The quantitative estimate of drug-likeness (QED) is 0.719. The molecule has 2 saturated heterocycles. The van der Waals surface area contributed by atoms with E-state index < -0.39 is 28.8 Å². The van der Waals surface area contributed by atoms with Crippen LogP contribution in [0, 0.1) is 5.41 Å². The Morgan fingerprint density at radius 3 is 2.39 bits per heavy atom. The Morgan fingerprint density at radius 1 is 0.970 bits per heavy atom. The smallest absolute Gasteiger partial charge is 0.331 e. The van der Waals surface area contributed by atoms with Crippen LogP contribution in [0.2, 0.25) is 0 Å². The number of rotatable bonds is 2. The second kappa shape index (κ2) is 7.70. The van der Waals surface area contributed by atoms with Gasteiger partial charge < -0.3 is 4.90 Å². The maximum atomic E-state index is 14.1. The highest BCUT2D eigenvalue weighted by Gasteiger charge is 2.64. The molecule has 33 heavy (non-hydrogen) atoms. The number of piperazine rings is 1. The molecule has 1 N–H and O–H groups in total. The molecule has 3 heterocycles. The Morgan fingerprint density at radius 2 is 1.67 bits per heavy atom. The van der Waals surface area contributed by atoms with E-state index in [9.17, 15) is 14.4 Å². The number of anilines is 1. The molecule has 3 aliphatic rings. The van der Waals surface area contributed by atoms with Crippen molar-refractivity contribution in [1.29, 1.82) is 0 Å². The van der Waals surface area contributed by atoms with Gasteiger partial charge in [-0.15, -0.1) is 0 Å². The summed E-state index contributed by atoms with van der Waals surface area (Å²) in [6.45, 7) is 8.32. The molecule has 2 aromatic carbocycles. The zero-order valence-electron chi connectivity index (χ0n) is 19.4. The van der Waals surface area contributed by atoms with Crippen molar-refractivity contribution in [2.75, 3.05) is 24.5 Å². The van der Waals surface area contributed by atoms with E-state index in [0.717, 1.165) is 24.3 Å². The first-order valence-corrected chi connectivity index (χ1v) is 11.5. The molecule has 2 fully saturated rings. The standard InChI is InChI=1S/C26H30N4O3/c1-25(2,3)30-23(32)26(22(31)27-24(30)33)15-19-11-7-8-12-20(19)29-14-13-28(17-21(26)29)16-18-9-5-4-6-10-18/h4-12,21H,13-17H2,1-3H3,(H,27,31,33)/t21-,26+/m1/s1. The van der Waals surface area contributed by atoms with Gasteiger partial charge in [0.2, 0.25) is 11.8 Å². The SMILES string of the molecule is CC(C)(C)N1C(=O)NC(=O)[C@@]2(Cc3ccccc3N3CCN(Cc4ccccc4)C[C@@H]32)C1=O. The maximum Gasteiger partial charge on any atom is 0.331 e. The number of fused-ring (bicyclic) bond motifs is 4. The van der Waals surface area contributed by atoms with Crippen LogP contribution in [-0.2, 0) is 22.6 Å². The Bertz CT molecular complexity index is 1110. The van der Waals surface area contributed by atoms with Crippen molar-refractivity contribution in [3.05, 3.63) is 65.7 Å². The second-order valence-electron chi connectivity index (χ2n) is 10.3. The second-order valence-corrected chi connectivity index (χ2v) is 10.3. The van der Waals surface area contributed by atoms with Crippen LogP contribution in [0.1, 0.15) is 31.9 Å². The normalized spacial score (nSPS) is 25.7. The minimum Gasteiger partial charge on any atom is -0.364 e. The zero-order valence-corrected chi connectivity index (χ0v) is 19.4. The lowest BCUT2D eigenvalue weighted by Crippen LogP contribution is -2.76. The number of nitrogens with zero attached hydrogens (tertiary/aromatic N) is 3. The van der Waals surface area contributed by atoms with Crippen molar-refractivity contribution in [3.63, 3.8) is 0 Å². The number of amides is 4. The predicted octanol–water partition coefficient (Wildman–Crippen LogP) is 2.80. The van der Waals surface area contributed by atoms with Crippen molar-refractivity contribution in [3.8, 4) is 0 Å². The summed E-state index contributed by atoms with van der Waals surface area (Å²) in [5, 5.41) is 2.54. The van der Waals surface area contributed by atoms with Crippen LogP contribution in [0.5, 0.6) is 0 Å². The lowest BCUT2D eigenvalue weighted by molar-refractivity contribution is -0.157. The third kappa shape index (κ3) is 3.42. The summed E-state index contributed by atoms with van der Waals surface area (Å²) in [7, 11) is 0. The minimum atomic E-state index is -1.36. The van der Waals surface area contributed by atoms with Crippen molar-refractivity contribution in [2.24, 2.45) is 5.41 Å². The van der Waals surface area contributed by atoms with Gasteiger partial charge in [-0.05, 0) is 44.4 Å². The van der Waals surface area contributed by atoms with Gasteiger partial charge >= 0.3 is 6.03 Å². The molecule has 0 radical (unpaired) electrons. The fourth-order valence-electron chi connectivity index (χ4n) is 5.61. The summed E-state index contributed by atoms with van der Waals surface area (Å²) in [6, 6.07) is 17.2. The number of benzene rings is 2. The molecule has 7 heteroatoms. The summed E-state index contributed by atoms with van der Waals surface area (Å²) < 4.78 is 0. The predicted molar refractivity (Wildman–Crippen MR) is 126 cm³/mol. The number of hydrogen-bond acceptors (Lipinski definition) is 5. The number of urea groups is 1. The largest absolute Gasteiger partial charge is 0.364 e. The number of hydrogen-bond donors (Lipinski definition) is 1. The van der Waals surface area contributed by atoms with Crippen LogP contribution < -0.4 is 10.2 Å². The summed E-state index contributed by atoms with van der Waals surface area (Å²) in [4.78, 5) is 46.2. The molecule has 0 aromatic heterocycles. The van der Waals surface area contributed by atoms with Crippen LogP contribution in [0.15, 0.2) is 54.6 Å². The molecular formula is C26H30N4O3. The topological polar surface area (TPSA) is 73.0 Å². The maximum absolute atomic E-state index is 14.1. The molecule has 7 nitrogen and oxygen atoms in total. The van der Waals surface area contributed by atoms with Gasteiger partial charge in [-0.25, -0.2) is 4.79 Å². The minimum absolute atomic E-state index is 0.286. The Kier molecular flexibility index (Phi) is 5.05. The monoisotopic (exact) mass is 446 g/mol. The van der Waals surface area contributed by atoms with Crippen molar-refractivity contribution < 1.29 is 14.4 Å². The van der Waals surface area contributed by atoms with Crippen LogP contribution >= 0.6 is 0 Å². The average molecular weight is 447 g/mol. The molecule has 0 saturated carbocycles. The number of para-hydroxylation sites is 1. The molecule has 0 unspecified atom stereocenters. The highest BCUT2D eigenvalue weighted by Crippen LogP contribution is 2.46. The molecule has 1 spiro atoms. The van der Waals surface area contributed by atoms with Gasteiger partial charge in [0, 0.05) is 37.4 Å². The van der Waals surface area contributed by atoms with Crippen LogP contribution in [0.3, 0.4) is 0 Å². The molecule has 2 aromatic rings. The van der Waals surface area contributed by atoms with E-state index in [1.807, 2.05) is 57.2 Å². The van der Waals surface area contributed by atoms with Gasteiger partial charge in [0.25, 0.3) is 0 Å². The number of barbiturate groups is 1. The van der Waals surface area contributed by atoms with Crippen LogP contribution in [-0.4, -0.2) is 58.9 Å². The van der Waals surface area contributed by atoms with Gasteiger partial charge in [-0.3, -0.25) is 24.7 Å². The molecule has 4 amide bonds. The van der Waals surface area contributed by atoms with E-state index >= 15 is 0 Å². The first kappa shape index (κ1) is 21.6. The van der Waals surface area contributed by atoms with E-state index in [1.165, 1.54) is 10.5 Å². The van der Waals surface area contributed by atoms with E-state index in [1.54, 1.807) is 0 Å². The average Bonchev–Trinajstić information content (AvgIpc) is 2.77. The van der Waals surface area contributed by atoms with Crippen molar-refractivity contribution in [1.82, 2.24) is 15.1 Å². The molecule has 3 aliphatic heterocycles. The third-order valence-corrected chi connectivity index (χ3v) is 7.14. The summed E-state index contributed by atoms with van der Waals surface area (Å²) >= 11 is 0. The van der Waals surface area contributed by atoms with Gasteiger partial charge in [0.05, 0.1) is 6.04 Å². The Hall–Kier alpha value is -3.19. The van der Waals surface area contributed by atoms with E-state index in [0.29, 0.717) is 13.1 Å². The molecule has 2 atom stereocenters. The van der Waals surface area contributed by atoms with Crippen molar-refractivity contribution >= 4 is 23.5 Å². The fraction of sp³-hybridized carbons (Fsp3) is 0.423. The summed E-state index contributed by atoms with van der Waals surface area (Å²) in [6.07, 6.45) is 0.286. The number of carbonyl (C=O) groups is 3. The Labute approximate surface area is 194 Å². The van der Waals surface area contributed by atoms with Gasteiger partial charge in [0.15, 0.2) is 5.41 Å². The lowest BCUT2D eigenvalue weighted by atomic mass is 9.67. The summed E-state index contributed by atoms with van der Waals surface area (Å²) in [5.41, 5.74) is 1.14. The van der Waals surface area contributed by atoms with Gasteiger partial charge in [-0.2, -0.15) is 0 Å².